The summed E-state index contributed by atoms with van der Waals surface area (Å²) in [6.07, 6.45) is 5.71. The number of aryl methyl sites for hydroxylation is 1. The highest BCUT2D eigenvalue weighted by Gasteiger charge is 2.43. The highest BCUT2D eigenvalue weighted by molar-refractivity contribution is 7.98. The van der Waals surface area contributed by atoms with Gasteiger partial charge in [-0.1, -0.05) is 39.0 Å². The van der Waals surface area contributed by atoms with Gasteiger partial charge in [-0.3, -0.25) is 0 Å². The molecule has 0 unspecified atom stereocenters. The van der Waals surface area contributed by atoms with Gasteiger partial charge in [0.25, 0.3) is 0 Å². The Bertz CT molecular complexity index is 819. The molecule has 2 aliphatic rings. The summed E-state index contributed by atoms with van der Waals surface area (Å²) in [6.45, 7) is 13.0. The fourth-order valence-corrected chi connectivity index (χ4v) is 6.01. The average Bonchev–Trinajstić information content (AvgIpc) is 3.36. The molecule has 2 heterocycles. The van der Waals surface area contributed by atoms with Crippen LogP contribution < -0.4 is 0 Å². The lowest BCUT2D eigenvalue weighted by molar-refractivity contribution is 0.232. The number of aromatic nitrogens is 4. The predicted molar refractivity (Wildman–Crippen MR) is 108 cm³/mol. The predicted octanol–water partition coefficient (Wildman–Crippen LogP) is 5.47. The van der Waals surface area contributed by atoms with Crippen molar-refractivity contribution >= 4 is 11.8 Å². The zero-order chi connectivity index (χ0) is 19.3. The molecule has 4 rings (SSSR count). The van der Waals surface area contributed by atoms with Crippen LogP contribution in [0.5, 0.6) is 0 Å². The minimum Gasteiger partial charge on any atom is -0.424 e. The van der Waals surface area contributed by atoms with Crippen molar-refractivity contribution in [1.82, 2.24) is 19.7 Å². The molecule has 0 spiro atoms. The van der Waals surface area contributed by atoms with Crippen LogP contribution in [0.25, 0.3) is 0 Å². The largest absolute Gasteiger partial charge is 0.424 e. The number of hydrogen-bond donors (Lipinski definition) is 0. The van der Waals surface area contributed by atoms with Gasteiger partial charge < -0.3 is 8.98 Å². The molecule has 5 nitrogen and oxygen atoms in total. The number of thioether (sulfide) groups is 1. The molecule has 2 aromatic heterocycles. The van der Waals surface area contributed by atoms with Gasteiger partial charge in [-0.25, -0.2) is 4.98 Å². The molecule has 2 aromatic rings. The van der Waals surface area contributed by atoms with Crippen molar-refractivity contribution in [3.63, 3.8) is 0 Å². The van der Waals surface area contributed by atoms with E-state index in [1.165, 1.54) is 31.4 Å². The molecule has 0 amide bonds. The van der Waals surface area contributed by atoms with E-state index in [1.807, 2.05) is 0 Å². The number of fused-ring (bicyclic) bond motifs is 2. The third kappa shape index (κ3) is 3.57. The van der Waals surface area contributed by atoms with Crippen LogP contribution in [-0.2, 0) is 11.2 Å². The zero-order valence-corrected chi connectivity index (χ0v) is 18.3. The maximum atomic E-state index is 5.87. The van der Waals surface area contributed by atoms with Gasteiger partial charge in [-0.2, -0.15) is 0 Å². The highest BCUT2D eigenvalue weighted by atomic mass is 32.2. The first kappa shape index (κ1) is 19.0. The summed E-state index contributed by atoms with van der Waals surface area (Å²) in [4.78, 5) is 4.87. The number of rotatable bonds is 5. The van der Waals surface area contributed by atoms with Crippen molar-refractivity contribution in [2.75, 3.05) is 0 Å². The monoisotopic (exact) mass is 388 g/mol. The highest BCUT2D eigenvalue weighted by Crippen LogP contribution is 2.52. The Kier molecular flexibility index (Phi) is 4.90. The lowest BCUT2D eigenvalue weighted by Gasteiger charge is -2.30. The van der Waals surface area contributed by atoms with E-state index in [4.69, 9.17) is 9.40 Å². The first-order valence-corrected chi connectivity index (χ1v) is 11.2. The van der Waals surface area contributed by atoms with Crippen LogP contribution in [0.1, 0.15) is 82.6 Å². The van der Waals surface area contributed by atoms with E-state index in [1.54, 1.807) is 11.8 Å². The van der Waals surface area contributed by atoms with Crippen molar-refractivity contribution in [3.05, 3.63) is 23.2 Å². The molecule has 0 N–H and O–H groups in total. The molecule has 2 fully saturated rings. The van der Waals surface area contributed by atoms with Crippen LogP contribution in [0.4, 0.5) is 0 Å². The molecular formula is C21H32N4OS. The van der Waals surface area contributed by atoms with Gasteiger partial charge in [0.2, 0.25) is 11.8 Å². The molecule has 0 radical (unpaired) electrons. The first-order chi connectivity index (χ1) is 12.7. The number of imidazole rings is 1. The molecule has 27 heavy (non-hydrogen) atoms. The van der Waals surface area contributed by atoms with Crippen LogP contribution in [-0.4, -0.2) is 19.7 Å². The normalized spacial score (nSPS) is 26.1. The Hall–Kier alpha value is -1.30. The summed E-state index contributed by atoms with van der Waals surface area (Å²) in [6, 6.07) is 0.511. The van der Waals surface area contributed by atoms with E-state index in [0.29, 0.717) is 23.6 Å². The molecule has 2 saturated carbocycles. The quantitative estimate of drug-likeness (QED) is 0.636. The fourth-order valence-electron chi connectivity index (χ4n) is 5.00. The van der Waals surface area contributed by atoms with Gasteiger partial charge >= 0.3 is 0 Å². The maximum absolute atomic E-state index is 5.87. The smallest absolute Gasteiger partial charge is 0.226 e. The van der Waals surface area contributed by atoms with Gasteiger partial charge in [-0.15, -0.1) is 10.2 Å². The van der Waals surface area contributed by atoms with Gasteiger partial charge in [0, 0.05) is 17.2 Å². The standard InChI is InChI=1S/C21H32N4OS/c1-12-13(2)25(14(3)17-10-15-7-8-16(17)9-15)20(22-12)27-11-18-23-24-19(26-18)21(4,5)6/h14-17H,7-11H2,1-6H3/t14-,15-,16-,17+/m0/s1. The third-order valence-corrected chi connectivity index (χ3v) is 7.54. The van der Waals surface area contributed by atoms with Gasteiger partial charge in [-0.05, 0) is 57.8 Å². The van der Waals surface area contributed by atoms with Crippen molar-refractivity contribution in [1.29, 1.82) is 0 Å². The minimum absolute atomic E-state index is 0.113. The van der Waals surface area contributed by atoms with E-state index < -0.39 is 0 Å². The lowest BCUT2D eigenvalue weighted by atomic mass is 9.84. The Morgan fingerprint density at radius 1 is 1.19 bits per heavy atom. The molecular weight excluding hydrogens is 356 g/mol. The third-order valence-electron chi connectivity index (χ3n) is 6.61. The number of nitrogens with zero attached hydrogens (tertiary/aromatic N) is 4. The zero-order valence-electron chi connectivity index (χ0n) is 17.5. The van der Waals surface area contributed by atoms with Crippen LogP contribution >= 0.6 is 11.8 Å². The first-order valence-electron chi connectivity index (χ1n) is 10.2. The summed E-state index contributed by atoms with van der Waals surface area (Å²) in [5.41, 5.74) is 2.32. The number of hydrogen-bond acceptors (Lipinski definition) is 5. The average molecular weight is 389 g/mol. The SMILES string of the molecule is Cc1nc(SCc2nnc(C(C)(C)C)o2)n([C@@H](C)[C@H]2C[C@H]3CC[C@H]2C3)c1C. The molecule has 148 valence electrons. The van der Waals surface area contributed by atoms with Gasteiger partial charge in [0.05, 0.1) is 11.4 Å². The summed E-state index contributed by atoms with van der Waals surface area (Å²) < 4.78 is 8.35. The maximum Gasteiger partial charge on any atom is 0.226 e. The van der Waals surface area contributed by atoms with Gasteiger partial charge in [0.15, 0.2) is 5.16 Å². The Balaban J connectivity index is 1.51. The van der Waals surface area contributed by atoms with Gasteiger partial charge in [0.1, 0.15) is 0 Å². The molecule has 2 aliphatic carbocycles. The van der Waals surface area contributed by atoms with E-state index in [2.05, 4.69) is 56.3 Å². The summed E-state index contributed by atoms with van der Waals surface area (Å²) in [5, 5.41) is 9.54. The van der Waals surface area contributed by atoms with Crippen LogP contribution in [0.2, 0.25) is 0 Å². The molecule has 4 atom stereocenters. The van der Waals surface area contributed by atoms with Crippen LogP contribution in [0, 0.1) is 31.6 Å². The van der Waals surface area contributed by atoms with E-state index >= 15 is 0 Å². The van der Waals surface area contributed by atoms with Crippen molar-refractivity contribution in [2.45, 2.75) is 89.6 Å². The molecule has 0 aliphatic heterocycles. The Morgan fingerprint density at radius 2 is 1.96 bits per heavy atom. The molecule has 2 bridgehead atoms. The second kappa shape index (κ2) is 6.94. The van der Waals surface area contributed by atoms with E-state index in [9.17, 15) is 0 Å². The summed E-state index contributed by atoms with van der Waals surface area (Å²) >= 11 is 1.72. The molecule has 0 aromatic carbocycles. The lowest BCUT2D eigenvalue weighted by Crippen LogP contribution is -2.23. The van der Waals surface area contributed by atoms with E-state index in [0.717, 1.165) is 28.6 Å². The Morgan fingerprint density at radius 3 is 2.56 bits per heavy atom. The van der Waals surface area contributed by atoms with E-state index in [-0.39, 0.29) is 5.41 Å². The fraction of sp³-hybridized carbons (Fsp3) is 0.762. The second-order valence-electron chi connectivity index (χ2n) is 9.55. The summed E-state index contributed by atoms with van der Waals surface area (Å²) in [5.74, 6) is 4.73. The van der Waals surface area contributed by atoms with Crippen LogP contribution in [0.15, 0.2) is 9.57 Å². The summed E-state index contributed by atoms with van der Waals surface area (Å²) in [7, 11) is 0. The van der Waals surface area contributed by atoms with Crippen molar-refractivity contribution in [3.8, 4) is 0 Å². The topological polar surface area (TPSA) is 56.7 Å². The Labute approximate surface area is 166 Å². The minimum atomic E-state index is -0.113. The molecule has 6 heteroatoms. The van der Waals surface area contributed by atoms with Crippen molar-refractivity contribution in [2.24, 2.45) is 17.8 Å². The molecule has 0 saturated heterocycles. The van der Waals surface area contributed by atoms with Crippen molar-refractivity contribution < 1.29 is 4.42 Å². The second-order valence-corrected chi connectivity index (χ2v) is 10.5. The van der Waals surface area contributed by atoms with Crippen LogP contribution in [0.3, 0.4) is 0 Å².